The molecule has 0 radical (unpaired) electrons. The minimum atomic E-state index is -0.813. The lowest BCUT2D eigenvalue weighted by Gasteiger charge is -2.07. The second-order valence-corrected chi connectivity index (χ2v) is 5.25. The van der Waals surface area contributed by atoms with E-state index in [1.54, 1.807) is 12.1 Å². The second-order valence-electron chi connectivity index (χ2n) is 4.46. The van der Waals surface area contributed by atoms with Crippen molar-refractivity contribution in [3.05, 3.63) is 57.8 Å². The molecule has 1 amide bonds. The molecule has 1 N–H and O–H groups in total. The molecule has 2 rings (SSSR count). The molecule has 1 aromatic heterocycles. The maximum absolute atomic E-state index is 11.8. The number of hydrogen-bond donors (Lipinski definition) is 1. The number of carbonyl (C=O) groups excluding carboxylic acids is 2. The van der Waals surface area contributed by atoms with Crippen LogP contribution in [0.15, 0.2) is 36.4 Å². The van der Waals surface area contributed by atoms with Crippen molar-refractivity contribution in [3.8, 4) is 0 Å². The van der Waals surface area contributed by atoms with Gasteiger partial charge in [-0.1, -0.05) is 35.3 Å². The maximum atomic E-state index is 11.8. The first-order chi connectivity index (χ1) is 10.5. The number of halogens is 2. The largest absolute Gasteiger partial charge is 0.451 e. The van der Waals surface area contributed by atoms with Gasteiger partial charge in [-0.25, -0.2) is 9.78 Å². The summed E-state index contributed by atoms with van der Waals surface area (Å²) in [4.78, 5) is 27.3. The van der Waals surface area contributed by atoms with Gasteiger partial charge in [-0.05, 0) is 36.8 Å². The van der Waals surface area contributed by atoms with Crippen LogP contribution in [0.1, 0.15) is 16.1 Å². The molecule has 0 bridgehead atoms. The van der Waals surface area contributed by atoms with Crippen LogP contribution in [0.3, 0.4) is 0 Å². The third-order valence-corrected chi connectivity index (χ3v) is 3.16. The number of ether oxygens (including phenoxy) is 1. The number of rotatable bonds is 4. The number of aryl methyl sites for hydroxylation is 1. The Kier molecular flexibility index (Phi) is 5.35. The summed E-state index contributed by atoms with van der Waals surface area (Å²) in [5.41, 5.74) is 1.50. The van der Waals surface area contributed by atoms with E-state index in [1.165, 1.54) is 12.1 Å². The molecule has 1 heterocycles. The molecule has 1 aromatic carbocycles. The molecule has 5 nitrogen and oxygen atoms in total. The topological polar surface area (TPSA) is 68.3 Å². The van der Waals surface area contributed by atoms with Crippen molar-refractivity contribution < 1.29 is 14.3 Å². The SMILES string of the molecule is Cc1cccc(NC(=O)COC(=O)c2nc(Cl)ccc2Cl)c1. The van der Waals surface area contributed by atoms with Crippen LogP contribution in [0.25, 0.3) is 0 Å². The molecule has 0 aliphatic rings. The van der Waals surface area contributed by atoms with Crippen molar-refractivity contribution >= 4 is 40.8 Å². The van der Waals surface area contributed by atoms with Gasteiger partial charge in [0, 0.05) is 5.69 Å². The summed E-state index contributed by atoms with van der Waals surface area (Å²) >= 11 is 11.5. The van der Waals surface area contributed by atoms with Gasteiger partial charge in [0.1, 0.15) is 5.15 Å². The molecule has 0 atom stereocenters. The summed E-state index contributed by atoms with van der Waals surface area (Å²) in [5, 5.41) is 2.84. The number of aromatic nitrogens is 1. The van der Waals surface area contributed by atoms with Crippen molar-refractivity contribution in [2.75, 3.05) is 11.9 Å². The summed E-state index contributed by atoms with van der Waals surface area (Å²) in [7, 11) is 0. The van der Waals surface area contributed by atoms with E-state index in [2.05, 4.69) is 10.3 Å². The molecular formula is C15H12Cl2N2O3. The number of amides is 1. The quantitative estimate of drug-likeness (QED) is 0.684. The minimum absolute atomic E-state index is 0.105. The highest BCUT2D eigenvalue weighted by atomic mass is 35.5. The smallest absolute Gasteiger partial charge is 0.359 e. The molecule has 0 aliphatic heterocycles. The zero-order valence-electron chi connectivity index (χ0n) is 11.6. The Balaban J connectivity index is 1.93. The number of pyridine rings is 1. The van der Waals surface area contributed by atoms with Crippen molar-refractivity contribution in [1.82, 2.24) is 4.98 Å². The molecule has 0 saturated heterocycles. The van der Waals surface area contributed by atoms with Gasteiger partial charge in [-0.15, -0.1) is 0 Å². The molecule has 7 heteroatoms. The van der Waals surface area contributed by atoms with Crippen LogP contribution in [0.4, 0.5) is 5.69 Å². The predicted octanol–water partition coefficient (Wildman–Crippen LogP) is 3.49. The van der Waals surface area contributed by atoms with Crippen molar-refractivity contribution in [2.45, 2.75) is 6.92 Å². The van der Waals surface area contributed by atoms with Crippen LogP contribution >= 0.6 is 23.2 Å². The van der Waals surface area contributed by atoms with E-state index >= 15 is 0 Å². The first-order valence-electron chi connectivity index (χ1n) is 6.31. The fraction of sp³-hybridized carbons (Fsp3) is 0.133. The molecule has 0 saturated carbocycles. The van der Waals surface area contributed by atoms with Gasteiger partial charge in [0.05, 0.1) is 5.02 Å². The van der Waals surface area contributed by atoms with Crippen LogP contribution in [-0.4, -0.2) is 23.5 Å². The molecule has 114 valence electrons. The fourth-order valence-corrected chi connectivity index (χ4v) is 2.01. The average Bonchev–Trinajstić information content (AvgIpc) is 2.47. The third-order valence-electron chi connectivity index (χ3n) is 2.64. The van der Waals surface area contributed by atoms with Gasteiger partial charge in [0.15, 0.2) is 12.3 Å². The number of esters is 1. The molecule has 22 heavy (non-hydrogen) atoms. The number of carbonyl (C=O) groups is 2. The van der Waals surface area contributed by atoms with E-state index in [9.17, 15) is 9.59 Å². The number of nitrogens with zero attached hydrogens (tertiary/aromatic N) is 1. The van der Waals surface area contributed by atoms with Crippen molar-refractivity contribution in [1.29, 1.82) is 0 Å². The van der Waals surface area contributed by atoms with Gasteiger partial charge in [0.25, 0.3) is 5.91 Å². The number of hydrogen-bond acceptors (Lipinski definition) is 4. The van der Waals surface area contributed by atoms with Gasteiger partial charge < -0.3 is 10.1 Å². The molecule has 0 unspecified atom stereocenters. The van der Waals surface area contributed by atoms with E-state index in [4.69, 9.17) is 27.9 Å². The Hall–Kier alpha value is -2.11. The van der Waals surface area contributed by atoms with Crippen LogP contribution < -0.4 is 5.32 Å². The molecular weight excluding hydrogens is 327 g/mol. The van der Waals surface area contributed by atoms with E-state index in [1.807, 2.05) is 19.1 Å². The number of anilines is 1. The predicted molar refractivity (Wildman–Crippen MR) is 84.3 cm³/mol. The monoisotopic (exact) mass is 338 g/mol. The first-order valence-corrected chi connectivity index (χ1v) is 7.07. The lowest BCUT2D eigenvalue weighted by Crippen LogP contribution is -2.21. The fourth-order valence-electron chi connectivity index (χ4n) is 1.68. The minimum Gasteiger partial charge on any atom is -0.451 e. The lowest BCUT2D eigenvalue weighted by molar-refractivity contribution is -0.119. The van der Waals surface area contributed by atoms with Crippen molar-refractivity contribution in [3.63, 3.8) is 0 Å². The molecule has 0 fully saturated rings. The summed E-state index contributed by atoms with van der Waals surface area (Å²) in [6.45, 7) is 1.46. The molecule has 0 spiro atoms. The molecule has 0 aliphatic carbocycles. The highest BCUT2D eigenvalue weighted by Gasteiger charge is 2.16. The lowest BCUT2D eigenvalue weighted by atomic mass is 10.2. The maximum Gasteiger partial charge on any atom is 0.359 e. The standard InChI is InChI=1S/C15H12Cl2N2O3/c1-9-3-2-4-10(7-9)18-13(20)8-22-15(21)14-11(16)5-6-12(17)19-14/h2-7H,8H2,1H3,(H,18,20). The normalized spacial score (nSPS) is 10.1. The third kappa shape index (κ3) is 4.44. The van der Waals surface area contributed by atoms with Crippen LogP contribution in [0, 0.1) is 6.92 Å². The summed E-state index contributed by atoms with van der Waals surface area (Å²) in [6, 6.07) is 10.1. The highest BCUT2D eigenvalue weighted by molar-refractivity contribution is 6.34. The van der Waals surface area contributed by atoms with E-state index in [-0.39, 0.29) is 15.9 Å². The van der Waals surface area contributed by atoms with Gasteiger partial charge in [-0.2, -0.15) is 0 Å². The summed E-state index contributed by atoms with van der Waals surface area (Å²) in [5.74, 6) is -1.27. The van der Waals surface area contributed by atoms with Gasteiger partial charge in [-0.3, -0.25) is 4.79 Å². The van der Waals surface area contributed by atoms with Crippen LogP contribution in [0.5, 0.6) is 0 Å². The highest BCUT2D eigenvalue weighted by Crippen LogP contribution is 2.17. The van der Waals surface area contributed by atoms with E-state index in [0.29, 0.717) is 5.69 Å². The Morgan fingerprint density at radius 1 is 1.23 bits per heavy atom. The Morgan fingerprint density at radius 3 is 2.73 bits per heavy atom. The Bertz CT molecular complexity index is 720. The van der Waals surface area contributed by atoms with E-state index < -0.39 is 18.5 Å². The zero-order chi connectivity index (χ0) is 16.1. The summed E-state index contributed by atoms with van der Waals surface area (Å²) < 4.78 is 4.87. The first kappa shape index (κ1) is 16.3. The van der Waals surface area contributed by atoms with Crippen LogP contribution in [0.2, 0.25) is 10.2 Å². The average molecular weight is 339 g/mol. The van der Waals surface area contributed by atoms with E-state index in [0.717, 1.165) is 5.56 Å². The van der Waals surface area contributed by atoms with Crippen LogP contribution in [-0.2, 0) is 9.53 Å². The number of benzene rings is 1. The number of nitrogens with one attached hydrogen (secondary N) is 1. The van der Waals surface area contributed by atoms with Crippen molar-refractivity contribution in [2.24, 2.45) is 0 Å². The molecule has 2 aromatic rings. The zero-order valence-corrected chi connectivity index (χ0v) is 13.1. The summed E-state index contributed by atoms with van der Waals surface area (Å²) in [6.07, 6.45) is 0. The van der Waals surface area contributed by atoms with Gasteiger partial charge in [0.2, 0.25) is 0 Å². The Morgan fingerprint density at radius 2 is 2.00 bits per heavy atom. The van der Waals surface area contributed by atoms with Gasteiger partial charge >= 0.3 is 5.97 Å². The second kappa shape index (κ2) is 7.24. The Labute approximate surface area is 137 Å².